The summed E-state index contributed by atoms with van der Waals surface area (Å²) >= 11 is 1.48. The lowest BCUT2D eigenvalue weighted by molar-refractivity contribution is 0.104. The van der Waals surface area contributed by atoms with E-state index in [1.807, 2.05) is 38.1 Å². The first kappa shape index (κ1) is 14.3. The number of nitrogens with zero attached hydrogens (tertiary/aromatic N) is 4. The molecule has 0 bridgehead atoms. The van der Waals surface area contributed by atoms with Gasteiger partial charge in [0.2, 0.25) is 5.78 Å². The Bertz CT molecular complexity index is 816. The summed E-state index contributed by atoms with van der Waals surface area (Å²) in [5.41, 5.74) is 4.87. The highest BCUT2D eigenvalue weighted by molar-refractivity contribution is 7.10. The Morgan fingerprint density at radius 3 is 2.68 bits per heavy atom. The Labute approximate surface area is 131 Å². The number of carbonyl (C=O) groups excluding carboxylic acids is 1. The minimum Gasteiger partial charge on any atom is -0.287 e. The molecule has 0 spiro atoms. The van der Waals surface area contributed by atoms with E-state index in [1.165, 1.54) is 23.0 Å². The van der Waals surface area contributed by atoms with Gasteiger partial charge in [0, 0.05) is 11.1 Å². The van der Waals surface area contributed by atoms with Crippen molar-refractivity contribution in [3.63, 3.8) is 0 Å². The van der Waals surface area contributed by atoms with Crippen LogP contribution < -0.4 is 0 Å². The molecular weight excluding hydrogens is 296 g/mol. The SMILES string of the molecule is Cc1ccc(-n2nnc(C(=O)/C=C/c3cncs3)c2C)cc1. The van der Waals surface area contributed by atoms with Gasteiger partial charge in [-0.3, -0.25) is 9.78 Å². The van der Waals surface area contributed by atoms with Gasteiger partial charge in [-0.25, -0.2) is 4.68 Å². The molecule has 1 aromatic carbocycles. The van der Waals surface area contributed by atoms with E-state index in [2.05, 4.69) is 15.3 Å². The van der Waals surface area contributed by atoms with Crippen molar-refractivity contribution in [1.82, 2.24) is 20.0 Å². The summed E-state index contributed by atoms with van der Waals surface area (Å²) in [5, 5.41) is 8.10. The third-order valence-electron chi connectivity index (χ3n) is 3.26. The molecule has 2 aromatic heterocycles. The molecule has 0 aliphatic carbocycles. The third-order valence-corrected chi connectivity index (χ3v) is 4.00. The van der Waals surface area contributed by atoms with Crippen LogP contribution in [-0.4, -0.2) is 25.8 Å². The Kier molecular flexibility index (Phi) is 3.93. The fourth-order valence-corrected chi connectivity index (χ4v) is 2.54. The van der Waals surface area contributed by atoms with E-state index in [1.54, 1.807) is 22.5 Å². The molecule has 0 atom stereocenters. The van der Waals surface area contributed by atoms with Crippen molar-refractivity contribution in [3.8, 4) is 5.69 Å². The first-order chi connectivity index (χ1) is 10.6. The molecule has 0 aliphatic heterocycles. The first-order valence-corrected chi connectivity index (χ1v) is 7.63. The van der Waals surface area contributed by atoms with Crippen molar-refractivity contribution in [2.24, 2.45) is 0 Å². The van der Waals surface area contributed by atoms with Crippen LogP contribution in [0.25, 0.3) is 11.8 Å². The summed E-state index contributed by atoms with van der Waals surface area (Å²) in [6.45, 7) is 3.87. The van der Waals surface area contributed by atoms with E-state index in [-0.39, 0.29) is 5.78 Å². The number of benzene rings is 1. The van der Waals surface area contributed by atoms with Crippen LogP contribution >= 0.6 is 11.3 Å². The van der Waals surface area contributed by atoms with E-state index < -0.39 is 0 Å². The molecule has 0 aliphatic rings. The summed E-state index contributed by atoms with van der Waals surface area (Å²) in [6.07, 6.45) is 4.96. The molecule has 0 N–H and O–H groups in total. The quantitative estimate of drug-likeness (QED) is 0.548. The predicted molar refractivity (Wildman–Crippen MR) is 86.3 cm³/mol. The van der Waals surface area contributed by atoms with Gasteiger partial charge in [0.1, 0.15) is 0 Å². The number of ketones is 1. The molecule has 0 radical (unpaired) electrons. The van der Waals surface area contributed by atoms with Crippen LogP contribution in [0.2, 0.25) is 0 Å². The molecular formula is C16H14N4OS. The molecule has 6 heteroatoms. The largest absolute Gasteiger partial charge is 0.287 e. The zero-order valence-corrected chi connectivity index (χ0v) is 13.0. The Hall–Kier alpha value is -2.60. The van der Waals surface area contributed by atoms with E-state index in [0.717, 1.165) is 16.3 Å². The predicted octanol–water partition coefficient (Wildman–Crippen LogP) is 3.24. The molecule has 0 saturated heterocycles. The van der Waals surface area contributed by atoms with Gasteiger partial charge in [-0.2, -0.15) is 0 Å². The van der Waals surface area contributed by atoms with Gasteiger partial charge in [-0.15, -0.1) is 16.4 Å². The van der Waals surface area contributed by atoms with Crippen LogP contribution in [0.1, 0.15) is 26.6 Å². The Morgan fingerprint density at radius 2 is 2.00 bits per heavy atom. The summed E-state index contributed by atoms with van der Waals surface area (Å²) in [4.78, 5) is 17.1. The second-order valence-corrected chi connectivity index (χ2v) is 5.79. The fourth-order valence-electron chi connectivity index (χ4n) is 2.03. The minimum atomic E-state index is -0.163. The number of allylic oxidation sites excluding steroid dienone is 1. The maximum absolute atomic E-state index is 12.2. The number of hydrogen-bond donors (Lipinski definition) is 0. The smallest absolute Gasteiger partial charge is 0.208 e. The fraction of sp³-hybridized carbons (Fsp3) is 0.125. The zero-order valence-electron chi connectivity index (χ0n) is 12.2. The highest BCUT2D eigenvalue weighted by Crippen LogP contribution is 2.15. The Morgan fingerprint density at radius 1 is 1.23 bits per heavy atom. The molecule has 0 saturated carbocycles. The van der Waals surface area contributed by atoms with Crippen LogP contribution in [0.4, 0.5) is 0 Å². The summed E-state index contributed by atoms with van der Waals surface area (Å²) in [7, 11) is 0. The lowest BCUT2D eigenvalue weighted by Crippen LogP contribution is -2.01. The maximum atomic E-state index is 12.2. The molecule has 0 amide bonds. The van der Waals surface area contributed by atoms with Gasteiger partial charge in [0.05, 0.1) is 16.9 Å². The highest BCUT2D eigenvalue weighted by atomic mass is 32.1. The minimum absolute atomic E-state index is 0.163. The summed E-state index contributed by atoms with van der Waals surface area (Å²) in [6, 6.07) is 7.92. The van der Waals surface area contributed by atoms with E-state index in [4.69, 9.17) is 0 Å². The maximum Gasteiger partial charge on any atom is 0.208 e. The lowest BCUT2D eigenvalue weighted by Gasteiger charge is -2.03. The second-order valence-electron chi connectivity index (χ2n) is 4.87. The molecule has 110 valence electrons. The number of aryl methyl sites for hydroxylation is 1. The number of rotatable bonds is 4. The van der Waals surface area contributed by atoms with Crippen LogP contribution in [0.15, 0.2) is 42.0 Å². The van der Waals surface area contributed by atoms with Crippen molar-refractivity contribution in [2.75, 3.05) is 0 Å². The molecule has 2 heterocycles. The normalized spacial score (nSPS) is 11.2. The summed E-state index contributed by atoms with van der Waals surface area (Å²) < 4.78 is 1.67. The molecule has 0 unspecified atom stereocenters. The molecule has 5 nitrogen and oxygen atoms in total. The number of aromatic nitrogens is 4. The van der Waals surface area contributed by atoms with Gasteiger partial charge in [-0.05, 0) is 38.1 Å². The van der Waals surface area contributed by atoms with Crippen LogP contribution in [0.3, 0.4) is 0 Å². The topological polar surface area (TPSA) is 60.7 Å². The van der Waals surface area contributed by atoms with Crippen LogP contribution in [0, 0.1) is 13.8 Å². The standard InChI is InChI=1S/C16H14N4OS/c1-11-3-5-13(6-4-11)20-12(2)16(18-19-20)15(21)8-7-14-9-17-10-22-14/h3-10H,1-2H3/b8-7+. The molecule has 3 rings (SSSR count). The molecule has 3 aromatic rings. The monoisotopic (exact) mass is 310 g/mol. The summed E-state index contributed by atoms with van der Waals surface area (Å²) in [5.74, 6) is -0.163. The van der Waals surface area contributed by atoms with E-state index >= 15 is 0 Å². The van der Waals surface area contributed by atoms with Crippen molar-refractivity contribution >= 4 is 23.2 Å². The van der Waals surface area contributed by atoms with E-state index in [9.17, 15) is 4.79 Å². The number of carbonyl (C=O) groups is 1. The lowest BCUT2D eigenvalue weighted by atomic mass is 10.2. The van der Waals surface area contributed by atoms with Crippen molar-refractivity contribution in [1.29, 1.82) is 0 Å². The molecule has 22 heavy (non-hydrogen) atoms. The third kappa shape index (κ3) is 2.87. The first-order valence-electron chi connectivity index (χ1n) is 6.75. The van der Waals surface area contributed by atoms with Crippen molar-refractivity contribution < 1.29 is 4.79 Å². The molecule has 0 fully saturated rings. The average Bonchev–Trinajstić information content (AvgIpc) is 3.15. The van der Waals surface area contributed by atoms with Crippen molar-refractivity contribution in [2.45, 2.75) is 13.8 Å². The van der Waals surface area contributed by atoms with Gasteiger partial charge in [0.25, 0.3) is 0 Å². The van der Waals surface area contributed by atoms with Gasteiger partial charge in [-0.1, -0.05) is 22.9 Å². The van der Waals surface area contributed by atoms with Gasteiger partial charge >= 0.3 is 0 Å². The van der Waals surface area contributed by atoms with Gasteiger partial charge < -0.3 is 0 Å². The van der Waals surface area contributed by atoms with Crippen molar-refractivity contribution in [3.05, 3.63) is 63.9 Å². The highest BCUT2D eigenvalue weighted by Gasteiger charge is 2.15. The van der Waals surface area contributed by atoms with Crippen LogP contribution in [-0.2, 0) is 0 Å². The van der Waals surface area contributed by atoms with E-state index in [0.29, 0.717) is 5.69 Å². The van der Waals surface area contributed by atoms with Gasteiger partial charge in [0.15, 0.2) is 5.69 Å². The second kappa shape index (κ2) is 6.03. The zero-order chi connectivity index (χ0) is 15.5. The number of hydrogen-bond acceptors (Lipinski definition) is 5. The average molecular weight is 310 g/mol. The van der Waals surface area contributed by atoms with Crippen LogP contribution in [0.5, 0.6) is 0 Å². The Balaban J connectivity index is 1.87. The number of thiazole rings is 1.